The molecule has 0 saturated heterocycles. The molecule has 1 aromatic carbocycles. The summed E-state index contributed by atoms with van der Waals surface area (Å²) in [5.74, 6) is -0.0870. The quantitative estimate of drug-likeness (QED) is 0.276. The minimum absolute atomic E-state index is 0.0701. The zero-order valence-corrected chi connectivity index (χ0v) is 19.6. The maximum atomic E-state index is 13.5. The Labute approximate surface area is 197 Å². The number of nitrogens with one attached hydrogen (secondary N) is 3. The van der Waals surface area contributed by atoms with Crippen LogP contribution in [0, 0.1) is 0 Å². The van der Waals surface area contributed by atoms with E-state index in [-0.39, 0.29) is 12.4 Å². The number of ether oxygens (including phenoxy) is 1. The molecule has 10 nitrogen and oxygen atoms in total. The van der Waals surface area contributed by atoms with Gasteiger partial charge >= 0.3 is 6.09 Å². The lowest BCUT2D eigenvalue weighted by Crippen LogP contribution is -2.35. The summed E-state index contributed by atoms with van der Waals surface area (Å²) in [4.78, 5) is 29.6. The molecule has 0 radical (unpaired) electrons. The Morgan fingerprint density at radius 3 is 2.71 bits per heavy atom. The van der Waals surface area contributed by atoms with Crippen molar-refractivity contribution in [2.45, 2.75) is 32.9 Å². The molecule has 0 unspecified atom stereocenters. The number of ketones is 1. The number of nitrogens with zero attached hydrogens (tertiary/aromatic N) is 3. The molecule has 34 heavy (non-hydrogen) atoms. The molecular weight excluding hydrogens is 436 g/mol. The summed E-state index contributed by atoms with van der Waals surface area (Å²) in [7, 11) is 0. The molecule has 4 rings (SSSR count). The van der Waals surface area contributed by atoms with Gasteiger partial charge in [-0.25, -0.2) is 4.79 Å². The SMILES string of the molecule is CC(C)(C)OC(=O)NCCNc1ccc2c3c(nn2CCNCCO)-c2cnccc2C(=O)c13. The van der Waals surface area contributed by atoms with E-state index in [0.29, 0.717) is 49.5 Å². The number of carbonyl (C=O) groups is 2. The summed E-state index contributed by atoms with van der Waals surface area (Å²) in [6, 6.07) is 5.53. The maximum absolute atomic E-state index is 13.5. The van der Waals surface area contributed by atoms with Crippen LogP contribution in [0.5, 0.6) is 0 Å². The van der Waals surface area contributed by atoms with Crippen LogP contribution in [-0.2, 0) is 11.3 Å². The molecule has 1 amide bonds. The van der Waals surface area contributed by atoms with Crippen LogP contribution >= 0.6 is 0 Å². The molecule has 1 aliphatic rings. The number of rotatable bonds is 9. The molecule has 180 valence electrons. The summed E-state index contributed by atoms with van der Waals surface area (Å²) in [6.45, 7) is 7.99. The standard InChI is InChI=1S/C24H30N6O4/c1-24(2,3)34-23(33)28-9-8-27-17-4-5-18-20-19(17)22(32)15-6-7-26-14-16(15)21(20)29-30(18)12-10-25-11-13-31/h4-7,14,25,27,31H,8-13H2,1-3H3,(H,28,33). The van der Waals surface area contributed by atoms with E-state index in [0.717, 1.165) is 22.2 Å². The van der Waals surface area contributed by atoms with Gasteiger partial charge in [0.15, 0.2) is 5.78 Å². The third-order valence-electron chi connectivity index (χ3n) is 5.36. The molecule has 3 aromatic rings. The van der Waals surface area contributed by atoms with Crippen LogP contribution in [0.15, 0.2) is 30.6 Å². The number of benzene rings is 1. The highest BCUT2D eigenvalue weighted by molar-refractivity contribution is 6.27. The highest BCUT2D eigenvalue weighted by atomic mass is 16.6. The molecule has 0 saturated carbocycles. The number of fused-ring (bicyclic) bond motifs is 2. The van der Waals surface area contributed by atoms with Crippen LogP contribution in [0.3, 0.4) is 0 Å². The number of carbonyl (C=O) groups excluding carboxylic acids is 2. The zero-order valence-electron chi connectivity index (χ0n) is 19.6. The normalized spacial score (nSPS) is 12.5. The van der Waals surface area contributed by atoms with E-state index in [1.807, 2.05) is 37.6 Å². The van der Waals surface area contributed by atoms with Gasteiger partial charge in [-0.05, 0) is 39.0 Å². The minimum atomic E-state index is -0.564. The van der Waals surface area contributed by atoms with Crippen LogP contribution in [-0.4, -0.2) is 70.1 Å². The summed E-state index contributed by atoms with van der Waals surface area (Å²) in [6.07, 6.45) is 2.80. The lowest BCUT2D eigenvalue weighted by atomic mass is 9.87. The topological polar surface area (TPSA) is 130 Å². The Hall–Kier alpha value is -3.50. The lowest BCUT2D eigenvalue weighted by Gasteiger charge is -2.20. The number of hydrogen-bond acceptors (Lipinski definition) is 8. The van der Waals surface area contributed by atoms with Gasteiger partial charge < -0.3 is 25.8 Å². The average molecular weight is 467 g/mol. The predicted octanol–water partition coefficient (Wildman–Crippen LogP) is 2.16. The van der Waals surface area contributed by atoms with Crippen molar-refractivity contribution in [2.24, 2.45) is 0 Å². The number of alkyl carbamates (subject to hydrolysis) is 1. The first-order chi connectivity index (χ1) is 16.3. The molecule has 2 aromatic heterocycles. The van der Waals surface area contributed by atoms with Crippen LogP contribution in [0.2, 0.25) is 0 Å². The van der Waals surface area contributed by atoms with Crippen molar-refractivity contribution in [3.63, 3.8) is 0 Å². The van der Waals surface area contributed by atoms with Gasteiger partial charge in [0.05, 0.1) is 24.2 Å². The molecule has 2 heterocycles. The Balaban J connectivity index is 1.60. The first-order valence-electron chi connectivity index (χ1n) is 11.3. The van der Waals surface area contributed by atoms with Crippen LogP contribution in [0.4, 0.5) is 10.5 Å². The molecule has 0 fully saturated rings. The molecular formula is C24H30N6O4. The molecule has 0 spiro atoms. The summed E-state index contributed by atoms with van der Waals surface area (Å²) < 4.78 is 7.13. The van der Waals surface area contributed by atoms with E-state index in [2.05, 4.69) is 20.9 Å². The Morgan fingerprint density at radius 1 is 1.12 bits per heavy atom. The third kappa shape index (κ3) is 4.87. The van der Waals surface area contributed by atoms with Crippen molar-refractivity contribution in [3.8, 4) is 11.3 Å². The fourth-order valence-electron chi connectivity index (χ4n) is 3.99. The third-order valence-corrected chi connectivity index (χ3v) is 5.36. The molecule has 1 aliphatic carbocycles. The second-order valence-corrected chi connectivity index (χ2v) is 9.03. The van der Waals surface area contributed by atoms with Gasteiger partial charge in [-0.3, -0.25) is 14.5 Å². The first kappa shape index (κ1) is 23.7. The van der Waals surface area contributed by atoms with E-state index in [1.165, 1.54) is 0 Å². The zero-order chi connectivity index (χ0) is 24.3. The van der Waals surface area contributed by atoms with Crippen molar-refractivity contribution >= 4 is 28.5 Å². The number of aliphatic hydroxyl groups excluding tert-OH is 1. The number of aliphatic hydroxyl groups is 1. The smallest absolute Gasteiger partial charge is 0.407 e. The van der Waals surface area contributed by atoms with E-state index in [4.69, 9.17) is 14.9 Å². The lowest BCUT2D eigenvalue weighted by molar-refractivity contribution is 0.0530. The Kier molecular flexibility index (Phi) is 6.80. The van der Waals surface area contributed by atoms with Gasteiger partial charge in [0.2, 0.25) is 0 Å². The fraction of sp³-hybridized carbons (Fsp3) is 0.417. The fourth-order valence-corrected chi connectivity index (χ4v) is 3.99. The van der Waals surface area contributed by atoms with Crippen LogP contribution in [0.25, 0.3) is 22.2 Å². The summed E-state index contributed by atoms with van der Waals surface area (Å²) in [5.41, 5.74) is 3.56. The first-order valence-corrected chi connectivity index (χ1v) is 11.3. The maximum Gasteiger partial charge on any atom is 0.407 e. The number of anilines is 1. The summed E-state index contributed by atoms with van der Waals surface area (Å²) >= 11 is 0. The summed E-state index contributed by atoms with van der Waals surface area (Å²) in [5, 5.41) is 23.7. The Bertz CT molecular complexity index is 1210. The number of pyridine rings is 1. The van der Waals surface area contributed by atoms with E-state index in [1.54, 1.807) is 18.5 Å². The van der Waals surface area contributed by atoms with Gasteiger partial charge in [-0.15, -0.1) is 0 Å². The second-order valence-electron chi connectivity index (χ2n) is 9.03. The van der Waals surface area contributed by atoms with Gasteiger partial charge in [-0.2, -0.15) is 5.10 Å². The van der Waals surface area contributed by atoms with E-state index >= 15 is 0 Å². The molecule has 0 aliphatic heterocycles. The predicted molar refractivity (Wildman–Crippen MR) is 129 cm³/mol. The average Bonchev–Trinajstić information content (AvgIpc) is 3.16. The van der Waals surface area contributed by atoms with Crippen molar-refractivity contribution in [2.75, 3.05) is 38.1 Å². The van der Waals surface area contributed by atoms with Gasteiger partial charge in [0, 0.05) is 60.8 Å². The number of aromatic nitrogens is 3. The molecule has 4 N–H and O–H groups in total. The molecule has 10 heteroatoms. The minimum Gasteiger partial charge on any atom is -0.444 e. The van der Waals surface area contributed by atoms with Gasteiger partial charge in [0.1, 0.15) is 11.3 Å². The molecule has 0 atom stereocenters. The van der Waals surface area contributed by atoms with Crippen molar-refractivity contribution in [3.05, 3.63) is 41.7 Å². The van der Waals surface area contributed by atoms with Crippen molar-refractivity contribution < 1.29 is 19.4 Å². The van der Waals surface area contributed by atoms with Crippen LogP contribution < -0.4 is 16.0 Å². The van der Waals surface area contributed by atoms with Crippen molar-refractivity contribution in [1.82, 2.24) is 25.4 Å². The van der Waals surface area contributed by atoms with Gasteiger partial charge in [0.25, 0.3) is 0 Å². The number of amides is 1. The van der Waals surface area contributed by atoms with E-state index in [9.17, 15) is 9.59 Å². The van der Waals surface area contributed by atoms with Crippen LogP contribution in [0.1, 0.15) is 36.7 Å². The van der Waals surface area contributed by atoms with Crippen molar-refractivity contribution in [1.29, 1.82) is 0 Å². The second kappa shape index (κ2) is 9.78. The Morgan fingerprint density at radius 2 is 1.94 bits per heavy atom. The highest BCUT2D eigenvalue weighted by Crippen LogP contribution is 2.41. The van der Waals surface area contributed by atoms with E-state index < -0.39 is 11.7 Å². The number of hydrogen-bond donors (Lipinski definition) is 4. The molecule has 0 bridgehead atoms. The van der Waals surface area contributed by atoms with Gasteiger partial charge in [-0.1, -0.05) is 0 Å². The largest absolute Gasteiger partial charge is 0.444 e. The monoisotopic (exact) mass is 466 g/mol. The highest BCUT2D eigenvalue weighted by Gasteiger charge is 2.31.